The van der Waals surface area contributed by atoms with Gasteiger partial charge in [0.15, 0.2) is 0 Å². The molecule has 2 aliphatic carbocycles. The van der Waals surface area contributed by atoms with Gasteiger partial charge in [-0.05, 0) is 49.9 Å². The predicted molar refractivity (Wildman–Crippen MR) is 129 cm³/mol. The lowest BCUT2D eigenvalue weighted by Crippen LogP contribution is -2.21. The Morgan fingerprint density at radius 1 is 1.11 bits per heavy atom. The van der Waals surface area contributed by atoms with Gasteiger partial charge in [0.25, 0.3) is 5.69 Å². The molecule has 3 aromatic rings. The molecular weight excluding hydrogens is 498 g/mol. The van der Waals surface area contributed by atoms with Gasteiger partial charge in [0.05, 0.1) is 29.3 Å². The number of nitro groups is 1. The lowest BCUT2D eigenvalue weighted by Gasteiger charge is -2.16. The molecule has 38 heavy (non-hydrogen) atoms. The van der Waals surface area contributed by atoms with Crippen LogP contribution in [0.25, 0.3) is 11.4 Å². The van der Waals surface area contributed by atoms with Crippen LogP contribution in [0.1, 0.15) is 25.5 Å². The standard InChI is InChI=1S/C25H25N5O8/c1-3-35-24(31)22-17-9-11-20(21(17)22)37-16-8-10-18(26-12-16)23-19(29(2)28-27-23)13-36-25(32)38-15-6-4-14(5-7-15)30(33)34/h4-8,10,12,17,20-22H,3,9,11,13H2,1-2H3/t17-,20-,21-,22?/m1/s1. The molecule has 1 unspecified atom stereocenters. The highest BCUT2D eigenvalue weighted by atomic mass is 16.7. The highest BCUT2D eigenvalue weighted by Crippen LogP contribution is 2.58. The highest BCUT2D eigenvalue weighted by molar-refractivity contribution is 5.77. The largest absolute Gasteiger partial charge is 0.514 e. The molecule has 5 rings (SSSR count). The fourth-order valence-electron chi connectivity index (χ4n) is 4.93. The van der Waals surface area contributed by atoms with Crippen molar-refractivity contribution in [1.29, 1.82) is 0 Å². The number of nitrogens with zero attached hydrogens (tertiary/aromatic N) is 5. The molecule has 4 atom stereocenters. The Morgan fingerprint density at radius 2 is 1.87 bits per heavy atom. The molecule has 0 amide bonds. The smallest absolute Gasteiger partial charge is 0.488 e. The predicted octanol–water partition coefficient (Wildman–Crippen LogP) is 3.47. The van der Waals surface area contributed by atoms with E-state index < -0.39 is 11.1 Å². The summed E-state index contributed by atoms with van der Waals surface area (Å²) in [5.41, 5.74) is 1.29. The van der Waals surface area contributed by atoms with E-state index in [9.17, 15) is 19.7 Å². The molecule has 0 N–H and O–H groups in total. The Morgan fingerprint density at radius 3 is 2.55 bits per heavy atom. The van der Waals surface area contributed by atoms with E-state index in [0.717, 1.165) is 12.8 Å². The van der Waals surface area contributed by atoms with E-state index in [1.54, 1.807) is 32.3 Å². The fourth-order valence-corrected chi connectivity index (χ4v) is 4.93. The molecule has 13 heteroatoms. The van der Waals surface area contributed by atoms with E-state index in [-0.39, 0.29) is 42.0 Å². The number of hydrogen-bond acceptors (Lipinski definition) is 11. The van der Waals surface area contributed by atoms with Crippen LogP contribution in [0.2, 0.25) is 0 Å². The number of nitro benzene ring substituents is 1. The van der Waals surface area contributed by atoms with Crippen molar-refractivity contribution in [1.82, 2.24) is 20.0 Å². The van der Waals surface area contributed by atoms with Crippen molar-refractivity contribution in [2.75, 3.05) is 6.61 Å². The number of benzene rings is 1. The second-order valence-corrected chi connectivity index (χ2v) is 9.03. The maximum Gasteiger partial charge on any atom is 0.514 e. The summed E-state index contributed by atoms with van der Waals surface area (Å²) in [6, 6.07) is 8.56. The Kier molecular flexibility index (Phi) is 6.90. The first kappa shape index (κ1) is 25.1. The lowest BCUT2D eigenvalue weighted by atomic mass is 10.1. The van der Waals surface area contributed by atoms with E-state index >= 15 is 0 Å². The van der Waals surface area contributed by atoms with Gasteiger partial charge in [0.2, 0.25) is 0 Å². The Hall–Kier alpha value is -4.55. The molecular formula is C25H25N5O8. The van der Waals surface area contributed by atoms with E-state index in [1.165, 1.54) is 28.9 Å². The van der Waals surface area contributed by atoms with Crippen LogP contribution in [-0.4, -0.2) is 49.7 Å². The molecule has 198 valence electrons. The molecule has 0 bridgehead atoms. The first-order valence-electron chi connectivity index (χ1n) is 12.1. The molecule has 2 fully saturated rings. The average Bonchev–Trinajstić information content (AvgIpc) is 3.31. The summed E-state index contributed by atoms with van der Waals surface area (Å²) in [6.45, 7) is 1.99. The third-order valence-electron chi connectivity index (χ3n) is 6.79. The molecule has 2 heterocycles. The Bertz CT molecular complexity index is 1340. The normalized spacial score (nSPS) is 21.3. The van der Waals surface area contributed by atoms with Crippen molar-refractivity contribution in [3.05, 3.63) is 58.4 Å². The van der Waals surface area contributed by atoms with E-state index in [1.807, 2.05) is 0 Å². The van der Waals surface area contributed by atoms with Crippen molar-refractivity contribution in [3.8, 4) is 22.9 Å². The first-order chi connectivity index (χ1) is 18.4. The molecule has 2 aliphatic rings. The summed E-state index contributed by atoms with van der Waals surface area (Å²) in [4.78, 5) is 38.9. The molecule has 0 aliphatic heterocycles. The third-order valence-corrected chi connectivity index (χ3v) is 6.79. The number of aryl methyl sites for hydroxylation is 1. The van der Waals surface area contributed by atoms with E-state index in [2.05, 4.69) is 15.3 Å². The van der Waals surface area contributed by atoms with Gasteiger partial charge in [0.1, 0.15) is 35.6 Å². The summed E-state index contributed by atoms with van der Waals surface area (Å²) in [6.07, 6.45) is 2.38. The minimum atomic E-state index is -0.987. The fraction of sp³-hybridized carbons (Fsp3) is 0.400. The zero-order valence-corrected chi connectivity index (χ0v) is 20.7. The SMILES string of the molecule is CCOC(=O)C1[C@H]2[C@H](Oc3ccc(-c4nnn(C)c4COC(=O)Oc4ccc([N+](=O)[O-])cc4)nc3)CC[C@@H]12. The van der Waals surface area contributed by atoms with Crippen molar-refractivity contribution < 1.29 is 33.5 Å². The quantitative estimate of drug-likeness (QED) is 0.175. The number of aromatic nitrogens is 4. The van der Waals surface area contributed by atoms with Gasteiger partial charge in [-0.25, -0.2) is 9.48 Å². The van der Waals surface area contributed by atoms with Crippen LogP contribution in [-0.2, 0) is 27.9 Å². The number of rotatable bonds is 9. The molecule has 1 aromatic carbocycles. The van der Waals surface area contributed by atoms with Crippen LogP contribution >= 0.6 is 0 Å². The highest BCUT2D eigenvalue weighted by Gasteiger charge is 2.63. The van der Waals surface area contributed by atoms with Crippen molar-refractivity contribution in [2.24, 2.45) is 24.8 Å². The molecule has 2 saturated carbocycles. The van der Waals surface area contributed by atoms with Gasteiger partial charge < -0.3 is 18.9 Å². The summed E-state index contributed by atoms with van der Waals surface area (Å²) < 4.78 is 23.0. The van der Waals surface area contributed by atoms with Gasteiger partial charge in [-0.2, -0.15) is 0 Å². The van der Waals surface area contributed by atoms with Gasteiger partial charge >= 0.3 is 12.1 Å². The van der Waals surface area contributed by atoms with Crippen LogP contribution in [0.15, 0.2) is 42.6 Å². The zero-order valence-electron chi connectivity index (χ0n) is 20.7. The Labute approximate surface area is 216 Å². The number of hydrogen-bond donors (Lipinski definition) is 0. The van der Waals surface area contributed by atoms with Gasteiger partial charge in [-0.1, -0.05) is 5.21 Å². The summed E-state index contributed by atoms with van der Waals surface area (Å²) in [7, 11) is 1.65. The van der Waals surface area contributed by atoms with Crippen LogP contribution in [0.3, 0.4) is 0 Å². The summed E-state index contributed by atoms with van der Waals surface area (Å²) >= 11 is 0. The van der Waals surface area contributed by atoms with Crippen LogP contribution in [0, 0.1) is 27.9 Å². The molecule has 0 spiro atoms. The van der Waals surface area contributed by atoms with E-state index in [4.69, 9.17) is 18.9 Å². The van der Waals surface area contributed by atoms with Crippen LogP contribution in [0.5, 0.6) is 11.5 Å². The summed E-state index contributed by atoms with van der Waals surface area (Å²) in [5.74, 6) is 0.995. The Balaban J connectivity index is 1.18. The van der Waals surface area contributed by atoms with Crippen LogP contribution < -0.4 is 9.47 Å². The van der Waals surface area contributed by atoms with Gasteiger partial charge in [-0.3, -0.25) is 19.9 Å². The van der Waals surface area contributed by atoms with Crippen LogP contribution in [0.4, 0.5) is 10.5 Å². The zero-order chi connectivity index (χ0) is 26.8. The van der Waals surface area contributed by atoms with Crippen molar-refractivity contribution in [2.45, 2.75) is 32.5 Å². The topological polar surface area (TPSA) is 158 Å². The summed E-state index contributed by atoms with van der Waals surface area (Å²) in [5, 5.41) is 18.9. The van der Waals surface area contributed by atoms with Gasteiger partial charge in [-0.15, -0.1) is 5.10 Å². The number of carbonyl (C=O) groups is 2. The third kappa shape index (κ3) is 5.12. The lowest BCUT2D eigenvalue weighted by molar-refractivity contribution is -0.384. The number of carbonyl (C=O) groups excluding carboxylic acids is 2. The molecule has 0 saturated heterocycles. The minimum Gasteiger partial charge on any atom is -0.488 e. The molecule has 0 radical (unpaired) electrons. The number of esters is 1. The maximum absolute atomic E-state index is 12.1. The van der Waals surface area contributed by atoms with E-state index in [0.29, 0.717) is 35.4 Å². The minimum absolute atomic E-state index is 0.0516. The first-order valence-corrected chi connectivity index (χ1v) is 12.1. The number of ether oxygens (including phenoxy) is 4. The monoisotopic (exact) mass is 523 g/mol. The molecule has 2 aromatic heterocycles. The second kappa shape index (κ2) is 10.4. The number of pyridine rings is 1. The maximum atomic E-state index is 12.1. The number of non-ortho nitro benzene ring substituents is 1. The molecule has 13 nitrogen and oxygen atoms in total. The second-order valence-electron chi connectivity index (χ2n) is 9.03. The number of fused-ring (bicyclic) bond motifs is 1. The van der Waals surface area contributed by atoms with Crippen molar-refractivity contribution in [3.63, 3.8) is 0 Å². The average molecular weight is 524 g/mol. The van der Waals surface area contributed by atoms with Crippen molar-refractivity contribution >= 4 is 17.8 Å². The van der Waals surface area contributed by atoms with Gasteiger partial charge in [0, 0.05) is 25.1 Å².